The zero-order chi connectivity index (χ0) is 17.9. The topological polar surface area (TPSA) is 15.7 Å². The van der Waals surface area contributed by atoms with E-state index in [9.17, 15) is 0 Å². The van der Waals surface area contributed by atoms with Gasteiger partial charge in [0.1, 0.15) is 0 Å². The second-order valence-electron chi connectivity index (χ2n) is 7.33. The maximum absolute atomic E-state index is 5.83. The van der Waals surface area contributed by atoms with Gasteiger partial charge in [0, 0.05) is 37.1 Å². The molecule has 0 N–H and O–H groups in total. The molecule has 0 radical (unpaired) electrons. The van der Waals surface area contributed by atoms with Gasteiger partial charge in [-0.15, -0.1) is 0 Å². The Balaban J connectivity index is 1.70. The SMILES string of the molecule is CC(C)N(CCOCCCCBr)C1CCN(Cc2ccccc2)CC1. The zero-order valence-electron chi connectivity index (χ0n) is 16.0. The van der Waals surface area contributed by atoms with Crippen molar-refractivity contribution in [3.8, 4) is 0 Å². The summed E-state index contributed by atoms with van der Waals surface area (Å²) in [6.45, 7) is 11.0. The van der Waals surface area contributed by atoms with E-state index in [2.05, 4.69) is 69.9 Å². The van der Waals surface area contributed by atoms with Gasteiger partial charge in [-0.05, 0) is 58.2 Å². The Kier molecular flexibility index (Phi) is 10.1. The van der Waals surface area contributed by atoms with Gasteiger partial charge >= 0.3 is 0 Å². The molecule has 1 aliphatic heterocycles. The van der Waals surface area contributed by atoms with Gasteiger partial charge in [0.25, 0.3) is 0 Å². The van der Waals surface area contributed by atoms with Crippen molar-refractivity contribution in [2.24, 2.45) is 0 Å². The van der Waals surface area contributed by atoms with Crippen LogP contribution in [0.3, 0.4) is 0 Å². The summed E-state index contributed by atoms with van der Waals surface area (Å²) in [5, 5.41) is 1.08. The molecule has 0 amide bonds. The minimum Gasteiger partial charge on any atom is -0.380 e. The largest absolute Gasteiger partial charge is 0.380 e. The average Bonchev–Trinajstić information content (AvgIpc) is 2.63. The monoisotopic (exact) mass is 410 g/mol. The van der Waals surface area contributed by atoms with E-state index in [1.165, 1.54) is 37.9 Å². The summed E-state index contributed by atoms with van der Waals surface area (Å²) >= 11 is 3.47. The van der Waals surface area contributed by atoms with Crippen LogP contribution >= 0.6 is 15.9 Å². The number of ether oxygens (including phenoxy) is 1. The normalized spacial score (nSPS) is 16.8. The third kappa shape index (κ3) is 7.78. The van der Waals surface area contributed by atoms with Gasteiger partial charge in [-0.3, -0.25) is 9.80 Å². The summed E-state index contributed by atoms with van der Waals surface area (Å²) in [5.74, 6) is 0. The van der Waals surface area contributed by atoms with Crippen molar-refractivity contribution in [2.45, 2.75) is 58.2 Å². The van der Waals surface area contributed by atoms with Gasteiger partial charge < -0.3 is 4.74 Å². The van der Waals surface area contributed by atoms with Crippen molar-refractivity contribution in [1.82, 2.24) is 9.80 Å². The molecule has 142 valence electrons. The second kappa shape index (κ2) is 12.1. The number of likely N-dealkylation sites (tertiary alicyclic amines) is 1. The van der Waals surface area contributed by atoms with Crippen LogP contribution in [-0.4, -0.2) is 60.1 Å². The predicted octanol–water partition coefficient (Wildman–Crippen LogP) is 4.55. The molecule has 25 heavy (non-hydrogen) atoms. The van der Waals surface area contributed by atoms with Gasteiger partial charge in [0.2, 0.25) is 0 Å². The highest BCUT2D eigenvalue weighted by Gasteiger charge is 2.26. The third-order valence-electron chi connectivity index (χ3n) is 5.10. The highest BCUT2D eigenvalue weighted by Crippen LogP contribution is 2.20. The summed E-state index contributed by atoms with van der Waals surface area (Å²) in [6, 6.07) is 12.1. The maximum Gasteiger partial charge on any atom is 0.0593 e. The fourth-order valence-electron chi connectivity index (χ4n) is 3.68. The van der Waals surface area contributed by atoms with E-state index in [0.717, 1.165) is 38.1 Å². The molecule has 3 nitrogen and oxygen atoms in total. The van der Waals surface area contributed by atoms with Crippen LogP contribution in [0.4, 0.5) is 0 Å². The molecule has 1 aliphatic rings. The average molecular weight is 411 g/mol. The van der Waals surface area contributed by atoms with Crippen LogP contribution in [-0.2, 0) is 11.3 Å². The first-order valence-corrected chi connectivity index (χ1v) is 11.0. The third-order valence-corrected chi connectivity index (χ3v) is 5.67. The van der Waals surface area contributed by atoms with E-state index in [1.54, 1.807) is 0 Å². The quantitative estimate of drug-likeness (QED) is 0.392. The number of hydrogen-bond acceptors (Lipinski definition) is 3. The number of rotatable bonds is 11. The first-order chi connectivity index (χ1) is 12.2. The molecule has 0 unspecified atom stereocenters. The van der Waals surface area contributed by atoms with Crippen molar-refractivity contribution in [1.29, 1.82) is 0 Å². The lowest BCUT2D eigenvalue weighted by molar-refractivity contribution is 0.0431. The smallest absolute Gasteiger partial charge is 0.0593 e. The van der Waals surface area contributed by atoms with Crippen LogP contribution in [0.2, 0.25) is 0 Å². The Morgan fingerprint density at radius 2 is 1.84 bits per heavy atom. The van der Waals surface area contributed by atoms with Crippen molar-refractivity contribution in [3.05, 3.63) is 35.9 Å². The summed E-state index contributed by atoms with van der Waals surface area (Å²) < 4.78 is 5.83. The van der Waals surface area contributed by atoms with E-state index < -0.39 is 0 Å². The Morgan fingerprint density at radius 3 is 2.48 bits per heavy atom. The highest BCUT2D eigenvalue weighted by molar-refractivity contribution is 9.09. The minimum absolute atomic E-state index is 0.594. The van der Waals surface area contributed by atoms with Crippen LogP contribution in [0, 0.1) is 0 Å². The molecule has 0 atom stereocenters. The van der Waals surface area contributed by atoms with Crippen LogP contribution < -0.4 is 0 Å². The molecule has 2 rings (SSSR count). The molecule has 1 fully saturated rings. The number of alkyl halides is 1. The molecular formula is C21H35BrN2O. The molecule has 0 aliphatic carbocycles. The number of halogens is 1. The number of nitrogens with zero attached hydrogens (tertiary/aromatic N) is 2. The fraction of sp³-hybridized carbons (Fsp3) is 0.714. The summed E-state index contributed by atoms with van der Waals surface area (Å²) in [5.41, 5.74) is 1.43. The van der Waals surface area contributed by atoms with E-state index in [1.807, 2.05) is 0 Å². The van der Waals surface area contributed by atoms with Crippen molar-refractivity contribution in [2.75, 3.05) is 38.2 Å². The number of piperidine rings is 1. The molecule has 0 bridgehead atoms. The first kappa shape index (κ1) is 20.9. The Hall–Kier alpha value is -0.420. The highest BCUT2D eigenvalue weighted by atomic mass is 79.9. The van der Waals surface area contributed by atoms with Crippen LogP contribution in [0.5, 0.6) is 0 Å². The molecule has 0 spiro atoms. The van der Waals surface area contributed by atoms with Gasteiger partial charge in [0.15, 0.2) is 0 Å². The number of benzene rings is 1. The van der Waals surface area contributed by atoms with E-state index in [4.69, 9.17) is 4.74 Å². The van der Waals surface area contributed by atoms with Crippen molar-refractivity contribution < 1.29 is 4.74 Å². The summed E-state index contributed by atoms with van der Waals surface area (Å²) in [4.78, 5) is 5.26. The lowest BCUT2D eigenvalue weighted by Crippen LogP contribution is -2.48. The Labute approximate surface area is 162 Å². The molecular weight excluding hydrogens is 376 g/mol. The first-order valence-electron chi connectivity index (χ1n) is 9.86. The van der Waals surface area contributed by atoms with Crippen LogP contribution in [0.1, 0.15) is 45.1 Å². The van der Waals surface area contributed by atoms with Crippen molar-refractivity contribution >= 4 is 15.9 Å². The lowest BCUT2D eigenvalue weighted by Gasteiger charge is -2.40. The number of unbranched alkanes of at least 4 members (excludes halogenated alkanes) is 1. The van der Waals surface area contributed by atoms with E-state index in [-0.39, 0.29) is 0 Å². The standard InChI is InChI=1S/C21H35BrN2O/c1-19(2)24(15-17-25-16-7-6-12-22)21-10-13-23(14-11-21)18-20-8-4-3-5-9-20/h3-5,8-9,19,21H,6-7,10-18H2,1-2H3. The lowest BCUT2D eigenvalue weighted by atomic mass is 10.0. The molecule has 1 saturated heterocycles. The zero-order valence-corrected chi connectivity index (χ0v) is 17.6. The predicted molar refractivity (Wildman–Crippen MR) is 110 cm³/mol. The van der Waals surface area contributed by atoms with Gasteiger partial charge in [-0.25, -0.2) is 0 Å². The maximum atomic E-state index is 5.83. The molecule has 1 aromatic rings. The second-order valence-corrected chi connectivity index (χ2v) is 8.13. The summed E-state index contributed by atoms with van der Waals surface area (Å²) in [6.07, 6.45) is 4.90. The Bertz CT molecular complexity index is 446. The number of hydrogen-bond donors (Lipinski definition) is 0. The molecule has 4 heteroatoms. The molecule has 1 heterocycles. The minimum atomic E-state index is 0.594. The molecule has 0 aromatic heterocycles. The fourth-order valence-corrected chi connectivity index (χ4v) is 4.08. The van der Waals surface area contributed by atoms with Crippen LogP contribution in [0.25, 0.3) is 0 Å². The van der Waals surface area contributed by atoms with Gasteiger partial charge in [0.05, 0.1) is 6.61 Å². The van der Waals surface area contributed by atoms with Crippen LogP contribution in [0.15, 0.2) is 30.3 Å². The van der Waals surface area contributed by atoms with Crippen molar-refractivity contribution in [3.63, 3.8) is 0 Å². The molecule has 0 saturated carbocycles. The van der Waals surface area contributed by atoms with E-state index in [0.29, 0.717) is 12.1 Å². The summed E-state index contributed by atoms with van der Waals surface area (Å²) in [7, 11) is 0. The molecule has 1 aromatic carbocycles. The van der Waals surface area contributed by atoms with E-state index >= 15 is 0 Å². The van der Waals surface area contributed by atoms with Gasteiger partial charge in [-0.1, -0.05) is 46.3 Å². The van der Waals surface area contributed by atoms with Gasteiger partial charge in [-0.2, -0.15) is 0 Å². The Morgan fingerprint density at radius 1 is 1.12 bits per heavy atom.